The number of carbonyl (C=O) groups is 2. The summed E-state index contributed by atoms with van der Waals surface area (Å²) in [7, 11) is 0. The topological polar surface area (TPSA) is 84.6 Å². The SMILES string of the molecule is N#Cc1ccccc1N1CCN(C(=O)[C@@H](O)c2ccc(Cl)cc2)CC1=O. The third-order valence-electron chi connectivity index (χ3n) is 4.27. The molecule has 0 aromatic heterocycles. The maximum Gasteiger partial charge on any atom is 0.256 e. The molecule has 1 aliphatic rings. The number of hydrogen-bond acceptors (Lipinski definition) is 4. The fourth-order valence-corrected chi connectivity index (χ4v) is 3.01. The van der Waals surface area contributed by atoms with Crippen LogP contribution >= 0.6 is 11.6 Å². The Balaban J connectivity index is 1.72. The Hall–Kier alpha value is -2.88. The third kappa shape index (κ3) is 3.54. The molecule has 0 unspecified atom stereocenters. The first-order chi connectivity index (χ1) is 12.5. The van der Waals surface area contributed by atoms with E-state index in [1.807, 2.05) is 0 Å². The zero-order valence-electron chi connectivity index (χ0n) is 13.8. The molecule has 0 spiro atoms. The van der Waals surface area contributed by atoms with Crippen LogP contribution in [0, 0.1) is 11.3 Å². The predicted octanol–water partition coefficient (Wildman–Crippen LogP) is 2.12. The smallest absolute Gasteiger partial charge is 0.256 e. The van der Waals surface area contributed by atoms with Crippen molar-refractivity contribution in [3.63, 3.8) is 0 Å². The molecule has 2 aromatic carbocycles. The van der Waals surface area contributed by atoms with Crippen LogP contribution in [-0.2, 0) is 9.59 Å². The summed E-state index contributed by atoms with van der Waals surface area (Å²) in [6, 6.07) is 15.2. The number of halogens is 1. The number of carbonyl (C=O) groups excluding carboxylic acids is 2. The highest BCUT2D eigenvalue weighted by Gasteiger charge is 2.32. The molecule has 1 aliphatic heterocycles. The lowest BCUT2D eigenvalue weighted by atomic mass is 10.1. The van der Waals surface area contributed by atoms with Gasteiger partial charge in [0, 0.05) is 18.1 Å². The molecule has 132 valence electrons. The van der Waals surface area contributed by atoms with Crippen molar-refractivity contribution < 1.29 is 14.7 Å². The quantitative estimate of drug-likeness (QED) is 0.898. The number of para-hydroxylation sites is 1. The zero-order valence-corrected chi connectivity index (χ0v) is 14.6. The molecule has 1 saturated heterocycles. The van der Waals surface area contributed by atoms with Crippen LogP contribution in [0.15, 0.2) is 48.5 Å². The normalized spacial score (nSPS) is 15.5. The van der Waals surface area contributed by atoms with Crippen LogP contribution in [0.5, 0.6) is 0 Å². The van der Waals surface area contributed by atoms with Gasteiger partial charge in [0.25, 0.3) is 5.91 Å². The van der Waals surface area contributed by atoms with Gasteiger partial charge in [0.2, 0.25) is 5.91 Å². The minimum absolute atomic E-state index is 0.150. The van der Waals surface area contributed by atoms with E-state index in [0.29, 0.717) is 21.8 Å². The number of nitriles is 1. The number of benzene rings is 2. The minimum atomic E-state index is -1.35. The fourth-order valence-electron chi connectivity index (χ4n) is 2.88. The molecule has 0 bridgehead atoms. The van der Waals surface area contributed by atoms with Crippen LogP contribution in [0.4, 0.5) is 5.69 Å². The summed E-state index contributed by atoms with van der Waals surface area (Å²) < 4.78 is 0. The Bertz CT molecular complexity index is 876. The van der Waals surface area contributed by atoms with Crippen molar-refractivity contribution in [2.45, 2.75) is 6.10 Å². The van der Waals surface area contributed by atoms with Gasteiger partial charge < -0.3 is 14.9 Å². The Morgan fingerprint density at radius 3 is 2.50 bits per heavy atom. The molecular weight excluding hydrogens is 354 g/mol. The summed E-state index contributed by atoms with van der Waals surface area (Å²) in [5, 5.41) is 20.0. The zero-order chi connectivity index (χ0) is 18.7. The molecule has 1 fully saturated rings. The van der Waals surface area contributed by atoms with Crippen LogP contribution in [0.3, 0.4) is 0 Å². The van der Waals surface area contributed by atoms with E-state index in [9.17, 15) is 20.0 Å². The van der Waals surface area contributed by atoms with Gasteiger partial charge in [-0.15, -0.1) is 0 Å². The lowest BCUT2D eigenvalue weighted by Crippen LogP contribution is -2.53. The largest absolute Gasteiger partial charge is 0.378 e. The summed E-state index contributed by atoms with van der Waals surface area (Å²) in [5.41, 5.74) is 1.36. The number of amides is 2. The first kappa shape index (κ1) is 17.9. The standard InChI is InChI=1S/C19H16ClN3O3/c20-15-7-5-13(6-8-15)18(25)19(26)22-9-10-23(17(24)12-22)16-4-2-1-3-14(16)11-21/h1-8,18,25H,9-10,12H2/t18-/m0/s1. The summed E-state index contributed by atoms with van der Waals surface area (Å²) in [6.45, 7) is 0.384. The van der Waals surface area contributed by atoms with Gasteiger partial charge in [-0.2, -0.15) is 5.26 Å². The van der Waals surface area contributed by atoms with Crippen molar-refractivity contribution in [2.24, 2.45) is 0 Å². The summed E-state index contributed by atoms with van der Waals surface area (Å²) in [6.07, 6.45) is -1.35. The molecule has 1 N–H and O–H groups in total. The van der Waals surface area contributed by atoms with Crippen molar-refractivity contribution in [1.29, 1.82) is 5.26 Å². The maximum absolute atomic E-state index is 12.5. The highest BCUT2D eigenvalue weighted by molar-refractivity contribution is 6.30. The number of aliphatic hydroxyl groups is 1. The van der Waals surface area contributed by atoms with Gasteiger partial charge in [-0.05, 0) is 29.8 Å². The molecule has 1 heterocycles. The number of nitrogens with zero attached hydrogens (tertiary/aromatic N) is 3. The molecule has 3 rings (SSSR count). The van der Waals surface area contributed by atoms with E-state index < -0.39 is 12.0 Å². The first-order valence-corrected chi connectivity index (χ1v) is 8.41. The minimum Gasteiger partial charge on any atom is -0.378 e. The highest BCUT2D eigenvalue weighted by atomic mass is 35.5. The molecule has 0 saturated carbocycles. The van der Waals surface area contributed by atoms with E-state index in [1.54, 1.807) is 48.5 Å². The monoisotopic (exact) mass is 369 g/mol. The van der Waals surface area contributed by atoms with Crippen molar-refractivity contribution in [2.75, 3.05) is 24.5 Å². The number of rotatable bonds is 3. The van der Waals surface area contributed by atoms with Gasteiger partial charge in [-0.3, -0.25) is 9.59 Å². The van der Waals surface area contributed by atoms with Crippen molar-refractivity contribution in [3.05, 3.63) is 64.7 Å². The van der Waals surface area contributed by atoms with Gasteiger partial charge in [0.1, 0.15) is 12.6 Å². The Morgan fingerprint density at radius 1 is 1.15 bits per heavy atom. The molecule has 2 aromatic rings. The second kappa shape index (κ2) is 7.56. The van der Waals surface area contributed by atoms with Crippen LogP contribution in [0.1, 0.15) is 17.2 Å². The average Bonchev–Trinajstić information content (AvgIpc) is 2.67. The van der Waals surface area contributed by atoms with Crippen LogP contribution < -0.4 is 4.90 Å². The van der Waals surface area contributed by atoms with Gasteiger partial charge in [0.15, 0.2) is 6.10 Å². The number of anilines is 1. The molecule has 6 nitrogen and oxygen atoms in total. The maximum atomic E-state index is 12.5. The highest BCUT2D eigenvalue weighted by Crippen LogP contribution is 2.24. The summed E-state index contributed by atoms with van der Waals surface area (Å²) in [5.74, 6) is -0.829. The van der Waals surface area contributed by atoms with E-state index in [4.69, 9.17) is 11.6 Å². The lowest BCUT2D eigenvalue weighted by Gasteiger charge is -2.35. The molecule has 2 amide bonds. The second-order valence-corrected chi connectivity index (χ2v) is 6.32. The van der Waals surface area contributed by atoms with Crippen LogP contribution in [-0.4, -0.2) is 41.5 Å². The molecule has 0 radical (unpaired) electrons. The van der Waals surface area contributed by atoms with Crippen molar-refractivity contribution in [3.8, 4) is 6.07 Å². The summed E-state index contributed by atoms with van der Waals surface area (Å²) in [4.78, 5) is 27.8. The van der Waals surface area contributed by atoms with E-state index in [0.717, 1.165) is 0 Å². The van der Waals surface area contributed by atoms with Gasteiger partial charge in [-0.25, -0.2) is 0 Å². The van der Waals surface area contributed by atoms with Crippen LogP contribution in [0.25, 0.3) is 0 Å². The predicted molar refractivity (Wildman–Crippen MR) is 96.5 cm³/mol. The third-order valence-corrected chi connectivity index (χ3v) is 4.52. The van der Waals surface area contributed by atoms with Crippen LogP contribution in [0.2, 0.25) is 5.02 Å². The van der Waals surface area contributed by atoms with E-state index in [1.165, 1.54) is 9.80 Å². The molecule has 0 aliphatic carbocycles. The van der Waals surface area contributed by atoms with Crippen molar-refractivity contribution >= 4 is 29.1 Å². The molecule has 7 heteroatoms. The number of aliphatic hydroxyl groups excluding tert-OH is 1. The fraction of sp³-hybridized carbons (Fsp3) is 0.211. The number of hydrogen-bond donors (Lipinski definition) is 1. The van der Waals surface area contributed by atoms with Gasteiger partial charge in [-0.1, -0.05) is 35.9 Å². The lowest BCUT2D eigenvalue weighted by molar-refractivity contribution is -0.144. The Kier molecular flexibility index (Phi) is 5.21. The van der Waals surface area contributed by atoms with Crippen molar-refractivity contribution in [1.82, 2.24) is 4.90 Å². The Morgan fingerprint density at radius 2 is 1.85 bits per heavy atom. The van der Waals surface area contributed by atoms with E-state index in [2.05, 4.69) is 6.07 Å². The second-order valence-electron chi connectivity index (χ2n) is 5.89. The van der Waals surface area contributed by atoms with Gasteiger partial charge >= 0.3 is 0 Å². The van der Waals surface area contributed by atoms with Gasteiger partial charge in [0.05, 0.1) is 11.3 Å². The first-order valence-electron chi connectivity index (χ1n) is 8.03. The molecule has 26 heavy (non-hydrogen) atoms. The average molecular weight is 370 g/mol. The number of piperazine rings is 1. The van der Waals surface area contributed by atoms with E-state index in [-0.39, 0.29) is 25.5 Å². The molecule has 1 atom stereocenters. The Labute approximate surface area is 155 Å². The summed E-state index contributed by atoms with van der Waals surface area (Å²) >= 11 is 5.81. The molecular formula is C19H16ClN3O3. The van der Waals surface area contributed by atoms with E-state index >= 15 is 0 Å².